The Kier molecular flexibility index (Phi) is 2.66. The fourth-order valence-corrected chi connectivity index (χ4v) is 3.04. The van der Waals surface area contributed by atoms with Crippen molar-refractivity contribution in [2.24, 2.45) is 0 Å². The van der Waals surface area contributed by atoms with E-state index in [1.807, 2.05) is 30.0 Å². The molecule has 0 bridgehead atoms. The first-order chi connectivity index (χ1) is 8.67. The van der Waals surface area contributed by atoms with Crippen LogP contribution < -0.4 is 10.5 Å². The number of imidazole rings is 1. The summed E-state index contributed by atoms with van der Waals surface area (Å²) in [5.41, 5.74) is 8.03. The average molecular weight is 263 g/mol. The lowest BCUT2D eigenvalue weighted by Crippen LogP contribution is -2.15. The highest BCUT2D eigenvalue weighted by atomic mass is 32.2. The van der Waals surface area contributed by atoms with E-state index in [4.69, 9.17) is 10.5 Å². The van der Waals surface area contributed by atoms with Gasteiger partial charge >= 0.3 is 0 Å². The van der Waals surface area contributed by atoms with Crippen LogP contribution >= 0.6 is 11.8 Å². The zero-order chi connectivity index (χ0) is 12.8. The van der Waals surface area contributed by atoms with Crippen LogP contribution in [0, 0.1) is 0 Å². The van der Waals surface area contributed by atoms with Gasteiger partial charge in [-0.05, 0) is 31.2 Å². The van der Waals surface area contributed by atoms with Gasteiger partial charge in [0.25, 0.3) is 0 Å². The number of rotatable bonds is 4. The largest absolute Gasteiger partial charge is 0.497 e. The Hall–Kier alpha value is -1.36. The van der Waals surface area contributed by atoms with E-state index in [1.54, 1.807) is 7.11 Å². The van der Waals surface area contributed by atoms with Gasteiger partial charge in [0, 0.05) is 17.4 Å². The highest BCUT2D eigenvalue weighted by molar-refractivity contribution is 8.00. The molecule has 3 rings (SSSR count). The second-order valence-electron chi connectivity index (χ2n) is 4.80. The molecule has 1 aliphatic rings. The van der Waals surface area contributed by atoms with Gasteiger partial charge in [-0.2, -0.15) is 11.8 Å². The van der Waals surface area contributed by atoms with Gasteiger partial charge in [-0.25, -0.2) is 4.98 Å². The van der Waals surface area contributed by atoms with Crippen molar-refractivity contribution in [3.8, 4) is 5.75 Å². The summed E-state index contributed by atoms with van der Waals surface area (Å²) < 4.78 is 7.75. The number of aromatic nitrogens is 2. The Bertz CT molecular complexity index is 589. The number of methoxy groups -OCH3 is 1. The van der Waals surface area contributed by atoms with Crippen molar-refractivity contribution < 1.29 is 4.74 Å². The summed E-state index contributed by atoms with van der Waals surface area (Å²) in [4.78, 5) is 4.41. The zero-order valence-corrected chi connectivity index (χ0v) is 11.5. The van der Waals surface area contributed by atoms with Gasteiger partial charge < -0.3 is 15.0 Å². The molecule has 5 heteroatoms. The number of hydrogen-bond donors (Lipinski definition) is 1. The van der Waals surface area contributed by atoms with Gasteiger partial charge in [-0.3, -0.25) is 0 Å². The van der Waals surface area contributed by atoms with Gasteiger partial charge in [-0.15, -0.1) is 0 Å². The molecule has 0 radical (unpaired) electrons. The van der Waals surface area contributed by atoms with Crippen LogP contribution in [0.2, 0.25) is 0 Å². The molecule has 0 saturated heterocycles. The van der Waals surface area contributed by atoms with Gasteiger partial charge in [0.15, 0.2) is 0 Å². The first kappa shape index (κ1) is 11.7. The van der Waals surface area contributed by atoms with E-state index < -0.39 is 0 Å². The van der Waals surface area contributed by atoms with Crippen LogP contribution in [0.15, 0.2) is 18.2 Å². The van der Waals surface area contributed by atoms with Crippen molar-refractivity contribution in [2.45, 2.75) is 24.1 Å². The van der Waals surface area contributed by atoms with E-state index in [0.29, 0.717) is 10.7 Å². The maximum absolute atomic E-state index is 6.04. The molecule has 1 heterocycles. The third kappa shape index (κ3) is 1.82. The lowest BCUT2D eigenvalue weighted by molar-refractivity contribution is 0.415. The summed E-state index contributed by atoms with van der Waals surface area (Å²) in [6.45, 7) is 0.934. The van der Waals surface area contributed by atoms with E-state index >= 15 is 0 Å². The molecule has 2 N–H and O–H groups in total. The molecular weight excluding hydrogens is 246 g/mol. The number of anilines is 1. The molecule has 0 atom stereocenters. The minimum absolute atomic E-state index is 0.366. The van der Waals surface area contributed by atoms with Crippen molar-refractivity contribution in [1.29, 1.82) is 0 Å². The molecule has 1 aliphatic carbocycles. The van der Waals surface area contributed by atoms with Crippen LogP contribution in [0.1, 0.15) is 12.8 Å². The monoisotopic (exact) mass is 263 g/mol. The van der Waals surface area contributed by atoms with Crippen molar-refractivity contribution in [3.05, 3.63) is 18.2 Å². The summed E-state index contributed by atoms with van der Waals surface area (Å²) in [6.07, 6.45) is 4.69. The summed E-state index contributed by atoms with van der Waals surface area (Å²) in [5, 5.41) is 0. The molecule has 0 amide bonds. The number of ether oxygens (including phenoxy) is 1. The van der Waals surface area contributed by atoms with Crippen LogP contribution in [0.4, 0.5) is 5.95 Å². The third-order valence-electron chi connectivity index (χ3n) is 3.67. The number of nitrogen functional groups attached to an aromatic ring is 1. The number of thioether (sulfide) groups is 1. The van der Waals surface area contributed by atoms with Crippen molar-refractivity contribution in [3.63, 3.8) is 0 Å². The van der Waals surface area contributed by atoms with E-state index in [-0.39, 0.29) is 0 Å². The molecule has 4 nitrogen and oxygen atoms in total. The molecule has 2 aromatic rings. The Morgan fingerprint density at radius 1 is 1.50 bits per heavy atom. The van der Waals surface area contributed by atoms with E-state index in [2.05, 4.69) is 15.8 Å². The maximum atomic E-state index is 6.04. The van der Waals surface area contributed by atoms with E-state index in [0.717, 1.165) is 23.3 Å². The maximum Gasteiger partial charge on any atom is 0.201 e. The number of fused-ring (bicyclic) bond motifs is 1. The SMILES string of the molecule is COc1ccc2nc(N)n(CC3(SC)CC3)c2c1. The molecule has 0 unspecified atom stereocenters. The summed E-state index contributed by atoms with van der Waals surface area (Å²) in [6, 6.07) is 5.88. The van der Waals surface area contributed by atoms with Crippen LogP contribution in [0.25, 0.3) is 11.0 Å². The molecule has 0 aliphatic heterocycles. The van der Waals surface area contributed by atoms with Crippen molar-refractivity contribution in [2.75, 3.05) is 19.1 Å². The molecule has 0 spiro atoms. The van der Waals surface area contributed by atoms with Gasteiger partial charge in [-0.1, -0.05) is 0 Å². The zero-order valence-electron chi connectivity index (χ0n) is 10.6. The molecular formula is C13H17N3OS. The van der Waals surface area contributed by atoms with Gasteiger partial charge in [0.05, 0.1) is 18.1 Å². The first-order valence-electron chi connectivity index (χ1n) is 6.02. The predicted octanol–water partition coefficient (Wildman–Crippen LogP) is 2.52. The number of benzene rings is 1. The average Bonchev–Trinajstić information content (AvgIpc) is 3.10. The highest BCUT2D eigenvalue weighted by Gasteiger charge is 2.42. The summed E-state index contributed by atoms with van der Waals surface area (Å²) >= 11 is 1.93. The second kappa shape index (κ2) is 4.09. The fourth-order valence-electron chi connectivity index (χ4n) is 2.27. The molecule has 1 fully saturated rings. The minimum atomic E-state index is 0.366. The topological polar surface area (TPSA) is 53.1 Å². The van der Waals surface area contributed by atoms with Crippen LogP contribution in [0.5, 0.6) is 5.75 Å². The van der Waals surface area contributed by atoms with Crippen LogP contribution in [-0.4, -0.2) is 27.7 Å². The number of hydrogen-bond acceptors (Lipinski definition) is 4. The molecule has 1 aromatic heterocycles. The van der Waals surface area contributed by atoms with Crippen molar-refractivity contribution in [1.82, 2.24) is 9.55 Å². The molecule has 18 heavy (non-hydrogen) atoms. The standard InChI is InChI=1S/C13H17N3OS/c1-17-9-3-4-10-11(7-9)16(12(14)15-10)8-13(18-2)5-6-13/h3-4,7H,5-6,8H2,1-2H3,(H2,14,15). The highest BCUT2D eigenvalue weighted by Crippen LogP contribution is 2.49. The van der Waals surface area contributed by atoms with Crippen molar-refractivity contribution >= 4 is 28.7 Å². The normalized spacial score (nSPS) is 17.0. The Labute approximate surface area is 111 Å². The Morgan fingerprint density at radius 3 is 2.89 bits per heavy atom. The lowest BCUT2D eigenvalue weighted by Gasteiger charge is -2.14. The minimum Gasteiger partial charge on any atom is -0.497 e. The summed E-state index contributed by atoms with van der Waals surface area (Å²) in [5.74, 6) is 1.44. The lowest BCUT2D eigenvalue weighted by atomic mass is 10.3. The molecule has 1 aromatic carbocycles. The molecule has 1 saturated carbocycles. The van der Waals surface area contributed by atoms with E-state index in [9.17, 15) is 0 Å². The van der Waals surface area contributed by atoms with Gasteiger partial charge in [0.1, 0.15) is 5.75 Å². The quantitative estimate of drug-likeness (QED) is 0.921. The van der Waals surface area contributed by atoms with Crippen LogP contribution in [0.3, 0.4) is 0 Å². The third-order valence-corrected chi connectivity index (χ3v) is 5.08. The van der Waals surface area contributed by atoms with Gasteiger partial charge in [0.2, 0.25) is 5.95 Å². The Balaban J connectivity index is 2.06. The molecule has 96 valence electrons. The van der Waals surface area contributed by atoms with E-state index in [1.165, 1.54) is 12.8 Å². The predicted molar refractivity (Wildman–Crippen MR) is 76.2 cm³/mol. The smallest absolute Gasteiger partial charge is 0.201 e. The first-order valence-corrected chi connectivity index (χ1v) is 7.25. The fraction of sp³-hybridized carbons (Fsp3) is 0.462. The van der Waals surface area contributed by atoms with Crippen LogP contribution in [-0.2, 0) is 6.54 Å². The number of nitrogens with two attached hydrogens (primary N) is 1. The Morgan fingerprint density at radius 2 is 2.28 bits per heavy atom. The number of nitrogens with zero attached hydrogens (tertiary/aromatic N) is 2. The second-order valence-corrected chi connectivity index (χ2v) is 6.07. The summed E-state index contributed by atoms with van der Waals surface area (Å²) in [7, 11) is 1.68.